The van der Waals surface area contributed by atoms with Crippen LogP contribution in [0.5, 0.6) is 0 Å². The molecule has 2 amide bonds. The molecule has 1 atom stereocenters. The summed E-state index contributed by atoms with van der Waals surface area (Å²) in [7, 11) is 0. The average Bonchev–Trinajstić information content (AvgIpc) is 3.33. The predicted octanol–water partition coefficient (Wildman–Crippen LogP) is 3.24. The van der Waals surface area contributed by atoms with Gasteiger partial charge in [0.25, 0.3) is 5.92 Å². The van der Waals surface area contributed by atoms with Crippen molar-refractivity contribution in [3.8, 4) is 0 Å². The van der Waals surface area contributed by atoms with Crippen molar-refractivity contribution < 1.29 is 13.6 Å². The average molecular weight is 388 g/mol. The molecule has 1 unspecified atom stereocenters. The van der Waals surface area contributed by atoms with Crippen LogP contribution in [0.25, 0.3) is 16.8 Å². The second-order valence-electron chi connectivity index (χ2n) is 7.76. The molecule has 28 heavy (non-hydrogen) atoms. The van der Waals surface area contributed by atoms with E-state index in [0.717, 1.165) is 35.3 Å². The smallest absolute Gasteiger partial charge is 0.320 e. The molecular formula is C19H22F2N6O. The van der Waals surface area contributed by atoms with E-state index in [1.165, 1.54) is 0 Å². The van der Waals surface area contributed by atoms with Crippen molar-refractivity contribution in [2.75, 3.05) is 26.2 Å². The number of hydrogen-bond acceptors (Lipinski definition) is 3. The Kier molecular flexibility index (Phi) is 3.99. The highest BCUT2D eigenvalue weighted by Crippen LogP contribution is 2.31. The first-order chi connectivity index (χ1) is 13.5. The van der Waals surface area contributed by atoms with E-state index in [1.54, 1.807) is 11.1 Å². The summed E-state index contributed by atoms with van der Waals surface area (Å²) in [6, 6.07) is 1.85. The number of alkyl halides is 2. The van der Waals surface area contributed by atoms with Crippen LogP contribution in [0.4, 0.5) is 13.6 Å². The van der Waals surface area contributed by atoms with Crippen LogP contribution < -0.4 is 0 Å². The summed E-state index contributed by atoms with van der Waals surface area (Å²) in [5.74, 6) is -2.49. The van der Waals surface area contributed by atoms with Gasteiger partial charge in [0.15, 0.2) is 11.3 Å². The third-order valence-corrected chi connectivity index (χ3v) is 5.95. The summed E-state index contributed by atoms with van der Waals surface area (Å²) < 4.78 is 28.9. The van der Waals surface area contributed by atoms with Gasteiger partial charge in [-0.2, -0.15) is 0 Å². The molecule has 5 rings (SSSR count). The van der Waals surface area contributed by atoms with E-state index in [9.17, 15) is 13.6 Å². The van der Waals surface area contributed by atoms with Gasteiger partial charge in [-0.3, -0.25) is 4.40 Å². The van der Waals surface area contributed by atoms with Crippen molar-refractivity contribution in [1.82, 2.24) is 29.2 Å². The fourth-order valence-electron chi connectivity index (χ4n) is 4.40. The number of aromatic amines is 1. The van der Waals surface area contributed by atoms with Crippen LogP contribution in [0, 0.1) is 0 Å². The lowest BCUT2D eigenvalue weighted by molar-refractivity contribution is -0.0495. The SMILES string of the molecule is O=C(N1CCC(F)(F)CC1)N1CCCC(c2cnc3cnc4[nH]ccc4n23)C1. The molecule has 2 aliphatic heterocycles. The minimum Gasteiger partial charge on any atom is -0.345 e. The molecule has 2 fully saturated rings. The molecule has 0 aromatic carbocycles. The third kappa shape index (κ3) is 2.89. The molecule has 1 N–H and O–H groups in total. The summed E-state index contributed by atoms with van der Waals surface area (Å²) in [4.78, 5) is 28.2. The number of likely N-dealkylation sites (tertiary alicyclic amines) is 2. The summed E-state index contributed by atoms with van der Waals surface area (Å²) >= 11 is 0. The van der Waals surface area contributed by atoms with Crippen molar-refractivity contribution in [1.29, 1.82) is 0 Å². The monoisotopic (exact) mass is 388 g/mol. The van der Waals surface area contributed by atoms with Gasteiger partial charge in [-0.15, -0.1) is 0 Å². The van der Waals surface area contributed by atoms with E-state index in [2.05, 4.69) is 19.4 Å². The number of nitrogens with zero attached hydrogens (tertiary/aromatic N) is 5. The lowest BCUT2D eigenvalue weighted by Gasteiger charge is -2.39. The highest BCUT2D eigenvalue weighted by molar-refractivity contribution is 5.76. The Balaban J connectivity index is 1.38. The van der Waals surface area contributed by atoms with Crippen molar-refractivity contribution in [2.45, 2.75) is 37.5 Å². The van der Waals surface area contributed by atoms with Crippen molar-refractivity contribution in [3.63, 3.8) is 0 Å². The Labute approximate surface area is 160 Å². The van der Waals surface area contributed by atoms with Gasteiger partial charge in [0.05, 0.1) is 11.7 Å². The third-order valence-electron chi connectivity index (χ3n) is 5.95. The number of nitrogens with one attached hydrogen (secondary N) is 1. The second-order valence-corrected chi connectivity index (χ2v) is 7.76. The van der Waals surface area contributed by atoms with Crippen LogP contribution in [0.2, 0.25) is 0 Å². The number of H-pyrrole nitrogens is 1. The molecule has 2 saturated heterocycles. The zero-order valence-corrected chi connectivity index (χ0v) is 15.4. The van der Waals surface area contributed by atoms with Gasteiger partial charge in [-0.05, 0) is 18.9 Å². The Bertz CT molecular complexity index is 1020. The molecule has 0 bridgehead atoms. The number of rotatable bonds is 1. The highest BCUT2D eigenvalue weighted by Gasteiger charge is 2.37. The lowest BCUT2D eigenvalue weighted by atomic mass is 9.95. The Morgan fingerprint density at radius 2 is 1.96 bits per heavy atom. The molecule has 0 spiro atoms. The van der Waals surface area contributed by atoms with Gasteiger partial charge in [-0.25, -0.2) is 23.5 Å². The quantitative estimate of drug-likeness (QED) is 0.696. The number of halogens is 2. The van der Waals surface area contributed by atoms with Crippen LogP contribution in [0.15, 0.2) is 24.7 Å². The second kappa shape index (κ2) is 6.42. The van der Waals surface area contributed by atoms with E-state index in [-0.39, 0.29) is 37.9 Å². The largest absolute Gasteiger partial charge is 0.345 e. The Morgan fingerprint density at radius 1 is 1.14 bits per heavy atom. The number of carbonyl (C=O) groups is 1. The van der Waals surface area contributed by atoms with Crippen molar-refractivity contribution >= 4 is 22.8 Å². The number of amides is 2. The van der Waals surface area contributed by atoms with Gasteiger partial charge >= 0.3 is 6.03 Å². The molecule has 7 nitrogen and oxygen atoms in total. The van der Waals surface area contributed by atoms with E-state index in [0.29, 0.717) is 13.1 Å². The number of fused-ring (bicyclic) bond motifs is 3. The summed E-state index contributed by atoms with van der Waals surface area (Å²) in [6.07, 6.45) is 6.80. The van der Waals surface area contributed by atoms with Crippen LogP contribution in [0.1, 0.15) is 37.3 Å². The van der Waals surface area contributed by atoms with Crippen molar-refractivity contribution in [2.24, 2.45) is 0 Å². The summed E-state index contributed by atoms with van der Waals surface area (Å²) in [6.45, 7) is 1.49. The van der Waals surface area contributed by atoms with Gasteiger partial charge in [0.2, 0.25) is 0 Å². The van der Waals surface area contributed by atoms with Gasteiger partial charge in [0, 0.05) is 63.0 Å². The Morgan fingerprint density at radius 3 is 2.79 bits per heavy atom. The highest BCUT2D eigenvalue weighted by atomic mass is 19.3. The van der Waals surface area contributed by atoms with E-state index >= 15 is 0 Å². The maximum absolute atomic E-state index is 13.4. The van der Waals surface area contributed by atoms with Crippen LogP contribution in [0.3, 0.4) is 0 Å². The van der Waals surface area contributed by atoms with E-state index < -0.39 is 5.92 Å². The van der Waals surface area contributed by atoms with Gasteiger partial charge < -0.3 is 14.8 Å². The van der Waals surface area contributed by atoms with Crippen LogP contribution in [-0.4, -0.2) is 67.3 Å². The van der Waals surface area contributed by atoms with Crippen molar-refractivity contribution in [3.05, 3.63) is 30.4 Å². The number of urea groups is 1. The lowest BCUT2D eigenvalue weighted by Crippen LogP contribution is -2.51. The minimum atomic E-state index is -2.65. The molecule has 3 aromatic heterocycles. The van der Waals surface area contributed by atoms with Gasteiger partial charge in [-0.1, -0.05) is 0 Å². The maximum Gasteiger partial charge on any atom is 0.320 e. The standard InChI is InChI=1S/C19H22F2N6O/c20-19(21)4-8-25(9-5-19)18(28)26-7-1-2-13(12-26)15-10-23-16-11-24-17-14(27(15)16)3-6-22-17/h3,6,10-11,13,22H,1-2,4-5,7-9,12H2. The molecule has 0 aliphatic carbocycles. The fourth-order valence-corrected chi connectivity index (χ4v) is 4.40. The molecule has 0 saturated carbocycles. The van der Waals surface area contributed by atoms with E-state index in [4.69, 9.17) is 0 Å². The molecule has 0 radical (unpaired) electrons. The summed E-state index contributed by atoms with van der Waals surface area (Å²) in [5.41, 5.74) is 3.60. The summed E-state index contributed by atoms with van der Waals surface area (Å²) in [5, 5.41) is 0. The molecule has 5 heterocycles. The van der Waals surface area contributed by atoms with Crippen LogP contribution >= 0.6 is 0 Å². The number of imidazole rings is 1. The molecule has 2 aliphatic rings. The zero-order valence-electron chi connectivity index (χ0n) is 15.4. The topological polar surface area (TPSA) is 69.5 Å². The number of piperidine rings is 2. The fraction of sp³-hybridized carbons (Fsp3) is 0.526. The minimum absolute atomic E-state index is 0.123. The maximum atomic E-state index is 13.4. The van der Waals surface area contributed by atoms with Gasteiger partial charge in [0.1, 0.15) is 0 Å². The molecule has 9 heteroatoms. The number of carbonyl (C=O) groups excluding carboxylic acids is 1. The first-order valence-electron chi connectivity index (χ1n) is 9.73. The molecular weight excluding hydrogens is 366 g/mol. The molecule has 3 aromatic rings. The van der Waals surface area contributed by atoms with E-state index in [1.807, 2.05) is 23.4 Å². The Hall–Kier alpha value is -2.71. The molecule has 148 valence electrons. The van der Waals surface area contributed by atoms with Crippen LogP contribution in [-0.2, 0) is 0 Å². The number of hydrogen-bond donors (Lipinski definition) is 1. The predicted molar refractivity (Wildman–Crippen MR) is 99.5 cm³/mol. The first-order valence-corrected chi connectivity index (χ1v) is 9.73. The zero-order chi connectivity index (χ0) is 19.3. The normalized spacial score (nSPS) is 22.9. The number of aromatic nitrogens is 4. The first kappa shape index (κ1) is 17.4.